The molecule has 92 valence electrons. The van der Waals surface area contributed by atoms with Crippen LogP contribution in [0.1, 0.15) is 31.2 Å². The number of rotatable bonds is 3. The number of carbonyl (C=O) groups is 1. The van der Waals surface area contributed by atoms with Crippen LogP contribution < -0.4 is 5.73 Å². The van der Waals surface area contributed by atoms with Crippen LogP contribution in [0.25, 0.3) is 0 Å². The zero-order valence-corrected chi connectivity index (χ0v) is 9.80. The molecule has 1 aromatic rings. The number of hydrogen-bond acceptors (Lipinski definition) is 3. The number of nitrogens with two attached hydrogens (primary N) is 1. The summed E-state index contributed by atoms with van der Waals surface area (Å²) in [6, 6.07) is 1.77. The quantitative estimate of drug-likeness (QED) is 0.839. The van der Waals surface area contributed by atoms with Gasteiger partial charge in [0.1, 0.15) is 0 Å². The molecule has 4 heteroatoms. The highest BCUT2D eigenvalue weighted by Crippen LogP contribution is 2.33. The van der Waals surface area contributed by atoms with Crippen LogP contribution in [-0.4, -0.2) is 16.1 Å². The van der Waals surface area contributed by atoms with Gasteiger partial charge in [-0.15, -0.1) is 0 Å². The smallest absolute Gasteiger partial charge is 0.306 e. The van der Waals surface area contributed by atoms with E-state index in [9.17, 15) is 9.90 Å². The second-order valence-electron chi connectivity index (χ2n) is 4.77. The zero-order chi connectivity index (χ0) is 12.3. The minimum Gasteiger partial charge on any atom is -0.481 e. The Kier molecular flexibility index (Phi) is 3.61. The van der Waals surface area contributed by atoms with E-state index in [0.717, 1.165) is 43.4 Å². The van der Waals surface area contributed by atoms with Gasteiger partial charge >= 0.3 is 5.97 Å². The predicted molar refractivity (Wildman–Crippen MR) is 65.4 cm³/mol. The lowest BCUT2D eigenvalue weighted by molar-refractivity contribution is -0.144. The van der Waals surface area contributed by atoms with Crippen molar-refractivity contribution in [2.45, 2.75) is 32.1 Å². The summed E-state index contributed by atoms with van der Waals surface area (Å²) in [7, 11) is 0. The van der Waals surface area contributed by atoms with Gasteiger partial charge in [-0.05, 0) is 36.8 Å². The third-order valence-corrected chi connectivity index (χ3v) is 3.65. The Hall–Kier alpha value is -1.58. The van der Waals surface area contributed by atoms with Crippen LogP contribution >= 0.6 is 0 Å². The summed E-state index contributed by atoms with van der Waals surface area (Å²) in [5.41, 5.74) is 7.57. The lowest BCUT2D eigenvalue weighted by Crippen LogP contribution is -2.28. The van der Waals surface area contributed by atoms with Gasteiger partial charge in [0.2, 0.25) is 0 Å². The van der Waals surface area contributed by atoms with Gasteiger partial charge in [0.15, 0.2) is 0 Å². The largest absolute Gasteiger partial charge is 0.481 e. The van der Waals surface area contributed by atoms with E-state index in [1.807, 2.05) is 0 Å². The Labute approximate surface area is 101 Å². The number of anilines is 1. The van der Waals surface area contributed by atoms with E-state index in [4.69, 9.17) is 5.73 Å². The number of hydrogen-bond donors (Lipinski definition) is 2. The highest BCUT2D eigenvalue weighted by atomic mass is 16.4. The molecule has 1 aliphatic rings. The van der Waals surface area contributed by atoms with Crippen LogP contribution in [0, 0.1) is 11.8 Å². The van der Waals surface area contributed by atoms with Gasteiger partial charge in [0.05, 0.1) is 5.92 Å². The third-order valence-electron chi connectivity index (χ3n) is 3.65. The van der Waals surface area contributed by atoms with Gasteiger partial charge in [0, 0.05) is 18.1 Å². The molecule has 1 saturated carbocycles. The van der Waals surface area contributed by atoms with Gasteiger partial charge in [-0.1, -0.05) is 12.8 Å². The fourth-order valence-corrected chi connectivity index (χ4v) is 2.67. The molecule has 0 bridgehead atoms. The molecular weight excluding hydrogens is 216 g/mol. The highest BCUT2D eigenvalue weighted by molar-refractivity contribution is 5.70. The Bertz CT molecular complexity index is 406. The molecule has 1 aromatic heterocycles. The molecule has 17 heavy (non-hydrogen) atoms. The van der Waals surface area contributed by atoms with Crippen LogP contribution in [-0.2, 0) is 11.2 Å². The van der Waals surface area contributed by atoms with Gasteiger partial charge in [-0.2, -0.15) is 0 Å². The van der Waals surface area contributed by atoms with Crippen molar-refractivity contribution in [3.63, 3.8) is 0 Å². The van der Waals surface area contributed by atoms with Crippen LogP contribution in [0.3, 0.4) is 0 Å². The topological polar surface area (TPSA) is 76.2 Å². The van der Waals surface area contributed by atoms with Crippen molar-refractivity contribution in [3.8, 4) is 0 Å². The number of aromatic nitrogens is 1. The second kappa shape index (κ2) is 5.17. The molecule has 2 unspecified atom stereocenters. The van der Waals surface area contributed by atoms with Crippen LogP contribution in [0.2, 0.25) is 0 Å². The van der Waals surface area contributed by atoms with E-state index in [1.165, 1.54) is 0 Å². The maximum absolute atomic E-state index is 11.2. The monoisotopic (exact) mass is 234 g/mol. The first-order valence-electron chi connectivity index (χ1n) is 6.09. The van der Waals surface area contributed by atoms with Crippen molar-refractivity contribution >= 4 is 11.7 Å². The lowest BCUT2D eigenvalue weighted by atomic mass is 9.76. The summed E-state index contributed by atoms with van der Waals surface area (Å²) in [5, 5.41) is 9.21. The summed E-state index contributed by atoms with van der Waals surface area (Å²) in [5.74, 6) is -0.687. The summed E-state index contributed by atoms with van der Waals surface area (Å²) < 4.78 is 0. The van der Waals surface area contributed by atoms with E-state index in [2.05, 4.69) is 4.98 Å². The Morgan fingerprint density at radius 3 is 2.94 bits per heavy atom. The molecule has 0 aliphatic heterocycles. The summed E-state index contributed by atoms with van der Waals surface area (Å²) >= 11 is 0. The molecular formula is C13H18N2O2. The number of nitrogens with zero attached hydrogens (tertiary/aromatic N) is 1. The summed E-state index contributed by atoms with van der Waals surface area (Å²) in [6.45, 7) is 0. The van der Waals surface area contributed by atoms with Crippen molar-refractivity contribution < 1.29 is 9.90 Å². The van der Waals surface area contributed by atoms with Gasteiger partial charge < -0.3 is 10.8 Å². The molecule has 0 radical (unpaired) electrons. The van der Waals surface area contributed by atoms with Crippen molar-refractivity contribution in [3.05, 3.63) is 24.0 Å². The summed E-state index contributed by atoms with van der Waals surface area (Å²) in [4.78, 5) is 15.2. The molecule has 1 fully saturated rings. The highest BCUT2D eigenvalue weighted by Gasteiger charge is 2.30. The molecule has 0 amide bonds. The molecule has 0 spiro atoms. The maximum atomic E-state index is 11.2. The van der Waals surface area contributed by atoms with Crippen LogP contribution in [0.4, 0.5) is 5.69 Å². The molecule has 4 nitrogen and oxygen atoms in total. The normalized spacial score (nSPS) is 24.5. The first-order chi connectivity index (χ1) is 8.18. The molecule has 0 saturated heterocycles. The number of nitrogen functional groups attached to an aromatic ring is 1. The van der Waals surface area contributed by atoms with E-state index in [-0.39, 0.29) is 11.8 Å². The van der Waals surface area contributed by atoms with E-state index >= 15 is 0 Å². The Balaban J connectivity index is 2.11. The fraction of sp³-hybridized carbons (Fsp3) is 0.538. The molecule has 1 heterocycles. The van der Waals surface area contributed by atoms with Gasteiger partial charge in [-0.25, -0.2) is 0 Å². The van der Waals surface area contributed by atoms with Gasteiger partial charge in [0.25, 0.3) is 0 Å². The van der Waals surface area contributed by atoms with Crippen molar-refractivity contribution in [1.82, 2.24) is 4.98 Å². The average molecular weight is 234 g/mol. The predicted octanol–water partition coefficient (Wildman–Crippen LogP) is 2.10. The molecule has 3 N–H and O–H groups in total. The fourth-order valence-electron chi connectivity index (χ4n) is 2.67. The zero-order valence-electron chi connectivity index (χ0n) is 9.80. The number of pyridine rings is 1. The maximum Gasteiger partial charge on any atom is 0.306 e. The first kappa shape index (κ1) is 11.9. The van der Waals surface area contributed by atoms with E-state index in [1.54, 1.807) is 18.5 Å². The minimum absolute atomic E-state index is 0.202. The van der Waals surface area contributed by atoms with Crippen molar-refractivity contribution in [2.75, 3.05) is 5.73 Å². The summed E-state index contributed by atoms with van der Waals surface area (Å²) in [6.07, 6.45) is 8.06. The lowest BCUT2D eigenvalue weighted by Gasteiger charge is -2.28. The van der Waals surface area contributed by atoms with E-state index < -0.39 is 5.97 Å². The Morgan fingerprint density at radius 2 is 2.24 bits per heavy atom. The number of carboxylic acid groups (broad SMARTS) is 1. The Morgan fingerprint density at radius 1 is 1.47 bits per heavy atom. The van der Waals surface area contributed by atoms with Crippen molar-refractivity contribution in [1.29, 1.82) is 0 Å². The molecule has 2 atom stereocenters. The average Bonchev–Trinajstić information content (AvgIpc) is 2.32. The number of aliphatic carboxylic acids is 1. The third kappa shape index (κ3) is 2.75. The number of carboxylic acids is 1. The molecule has 2 rings (SSSR count). The van der Waals surface area contributed by atoms with E-state index in [0.29, 0.717) is 0 Å². The SMILES string of the molecule is Nc1ccncc1CC1CCCCC1C(=O)O. The van der Waals surface area contributed by atoms with Gasteiger partial charge in [-0.3, -0.25) is 9.78 Å². The van der Waals surface area contributed by atoms with Crippen LogP contribution in [0.5, 0.6) is 0 Å². The molecule has 0 aromatic carbocycles. The molecule has 1 aliphatic carbocycles. The minimum atomic E-state index is -0.669. The first-order valence-corrected chi connectivity index (χ1v) is 6.09. The standard InChI is InChI=1S/C13H18N2O2/c14-12-5-6-15-8-10(12)7-9-3-1-2-4-11(9)13(16)17/h5-6,8-9,11H,1-4,7H2,(H2,14,15)(H,16,17). The van der Waals surface area contributed by atoms with Crippen molar-refractivity contribution in [2.24, 2.45) is 11.8 Å². The van der Waals surface area contributed by atoms with Crippen LogP contribution in [0.15, 0.2) is 18.5 Å². The second-order valence-corrected chi connectivity index (χ2v) is 4.77.